The number of methoxy groups -OCH3 is 1. The number of hydrogen-bond acceptors (Lipinski definition) is 5. The van der Waals surface area contributed by atoms with Crippen LogP contribution in [0.4, 0.5) is 0 Å². The average Bonchev–Trinajstić information content (AvgIpc) is 2.54. The normalized spacial score (nSPS) is 12.2. The first-order valence-corrected chi connectivity index (χ1v) is 6.89. The first-order chi connectivity index (χ1) is 10.5. The van der Waals surface area contributed by atoms with E-state index in [1.165, 1.54) is 0 Å². The highest BCUT2D eigenvalue weighted by molar-refractivity contribution is 5.72. The zero-order chi connectivity index (χ0) is 16.1. The molecule has 0 aliphatic carbocycles. The molecule has 0 radical (unpaired) electrons. The predicted octanol–water partition coefficient (Wildman–Crippen LogP) is 2.06. The molecule has 0 aliphatic rings. The summed E-state index contributed by atoms with van der Waals surface area (Å²) in [4.78, 5) is 21.3. The van der Waals surface area contributed by atoms with Gasteiger partial charge in [-0.1, -0.05) is 0 Å². The van der Waals surface area contributed by atoms with Crippen molar-refractivity contribution in [1.29, 1.82) is 0 Å². The van der Waals surface area contributed by atoms with E-state index in [2.05, 4.69) is 9.97 Å². The molecule has 0 saturated carbocycles. The molecule has 0 bridgehead atoms. The van der Waals surface area contributed by atoms with E-state index in [0.29, 0.717) is 12.4 Å². The second-order valence-corrected chi connectivity index (χ2v) is 5.07. The highest BCUT2D eigenvalue weighted by Crippen LogP contribution is 2.19. The molecule has 2 aromatic rings. The Bertz CT molecular complexity index is 626. The largest absolute Gasteiger partial charge is 0.497 e. The van der Waals surface area contributed by atoms with Crippen LogP contribution in [-0.2, 0) is 11.3 Å². The number of carboxylic acid groups (broad SMARTS) is 1. The molecule has 1 N–H and O–H groups in total. The van der Waals surface area contributed by atoms with Crippen LogP contribution in [0.3, 0.4) is 0 Å². The summed E-state index contributed by atoms with van der Waals surface area (Å²) >= 11 is 0. The number of ether oxygens (including phenoxy) is 1. The molecule has 1 aromatic carbocycles. The molecule has 0 spiro atoms. The van der Waals surface area contributed by atoms with Gasteiger partial charge in [0.2, 0.25) is 0 Å². The Kier molecular flexibility index (Phi) is 5.06. The molecule has 2 rings (SSSR count). The lowest BCUT2D eigenvalue weighted by atomic mass is 10.2. The van der Waals surface area contributed by atoms with Gasteiger partial charge in [0, 0.05) is 30.1 Å². The maximum absolute atomic E-state index is 10.9. The minimum Gasteiger partial charge on any atom is -0.497 e. The molecule has 116 valence electrons. The second kappa shape index (κ2) is 7.00. The van der Waals surface area contributed by atoms with Crippen LogP contribution < -0.4 is 4.74 Å². The molecular formula is C16H19N3O3. The van der Waals surface area contributed by atoms with E-state index in [4.69, 9.17) is 9.84 Å². The van der Waals surface area contributed by atoms with Gasteiger partial charge in [0.05, 0.1) is 7.11 Å². The van der Waals surface area contributed by atoms with Crippen LogP contribution in [0.2, 0.25) is 0 Å². The molecule has 0 unspecified atom stereocenters. The highest BCUT2D eigenvalue weighted by Gasteiger charge is 2.16. The number of rotatable bonds is 6. The minimum absolute atomic E-state index is 0.482. The number of aliphatic carboxylic acids is 1. The third kappa shape index (κ3) is 3.79. The van der Waals surface area contributed by atoms with E-state index in [9.17, 15) is 4.79 Å². The molecule has 6 nitrogen and oxygen atoms in total. The highest BCUT2D eigenvalue weighted by atomic mass is 16.5. The second-order valence-electron chi connectivity index (χ2n) is 5.07. The lowest BCUT2D eigenvalue weighted by Crippen LogP contribution is -2.35. The molecule has 1 atom stereocenters. The summed E-state index contributed by atoms with van der Waals surface area (Å²) in [6, 6.07) is 6.95. The van der Waals surface area contributed by atoms with Gasteiger partial charge in [0.25, 0.3) is 0 Å². The van der Waals surface area contributed by atoms with E-state index in [1.54, 1.807) is 38.4 Å². The lowest BCUT2D eigenvalue weighted by molar-refractivity contribution is -0.142. The van der Waals surface area contributed by atoms with Crippen LogP contribution in [0, 0.1) is 0 Å². The zero-order valence-corrected chi connectivity index (χ0v) is 12.9. The monoisotopic (exact) mass is 301 g/mol. The summed E-state index contributed by atoms with van der Waals surface area (Å²) < 4.78 is 5.12. The number of nitrogens with zero attached hydrogens (tertiary/aromatic N) is 3. The minimum atomic E-state index is -0.849. The van der Waals surface area contributed by atoms with Gasteiger partial charge >= 0.3 is 5.97 Å². The fourth-order valence-electron chi connectivity index (χ4n) is 1.94. The summed E-state index contributed by atoms with van der Waals surface area (Å²) in [5.74, 6) is 0.559. The van der Waals surface area contributed by atoms with Crippen molar-refractivity contribution in [2.75, 3.05) is 14.2 Å². The Morgan fingerprint density at radius 3 is 2.36 bits per heavy atom. The Labute approximate surface area is 129 Å². The van der Waals surface area contributed by atoms with Gasteiger partial charge in [-0.05, 0) is 38.2 Å². The van der Waals surface area contributed by atoms with Gasteiger partial charge in [0.15, 0.2) is 5.82 Å². The van der Waals surface area contributed by atoms with Crippen LogP contribution in [0.25, 0.3) is 11.4 Å². The van der Waals surface area contributed by atoms with Crippen molar-refractivity contribution in [3.05, 3.63) is 42.2 Å². The number of carboxylic acids is 1. The van der Waals surface area contributed by atoms with Gasteiger partial charge in [-0.25, -0.2) is 9.97 Å². The Morgan fingerprint density at radius 1 is 1.27 bits per heavy atom. The van der Waals surface area contributed by atoms with Crippen molar-refractivity contribution in [1.82, 2.24) is 14.9 Å². The van der Waals surface area contributed by atoms with Gasteiger partial charge < -0.3 is 9.84 Å². The van der Waals surface area contributed by atoms with Crippen molar-refractivity contribution in [2.45, 2.75) is 19.5 Å². The van der Waals surface area contributed by atoms with E-state index >= 15 is 0 Å². The maximum Gasteiger partial charge on any atom is 0.320 e. The standard InChI is InChI=1S/C16H19N3O3/c1-11(16(20)21)19(2)10-12-8-17-15(18-9-12)13-4-6-14(22-3)7-5-13/h4-9,11H,10H2,1-3H3,(H,20,21)/t11-/m0/s1. The quantitative estimate of drug-likeness (QED) is 0.880. The van der Waals surface area contributed by atoms with Crippen molar-refractivity contribution < 1.29 is 14.6 Å². The van der Waals surface area contributed by atoms with Gasteiger partial charge in [0.1, 0.15) is 11.8 Å². The summed E-state index contributed by atoms with van der Waals surface area (Å²) in [7, 11) is 3.38. The van der Waals surface area contributed by atoms with Crippen LogP contribution in [0.5, 0.6) is 5.75 Å². The molecular weight excluding hydrogens is 282 g/mol. The molecule has 1 aromatic heterocycles. The average molecular weight is 301 g/mol. The van der Waals surface area contributed by atoms with Crippen LogP contribution >= 0.6 is 0 Å². The topological polar surface area (TPSA) is 75.5 Å². The number of carbonyl (C=O) groups is 1. The van der Waals surface area contributed by atoms with E-state index in [-0.39, 0.29) is 0 Å². The van der Waals surface area contributed by atoms with E-state index in [0.717, 1.165) is 16.9 Å². The summed E-state index contributed by atoms with van der Waals surface area (Å²) in [6.45, 7) is 2.13. The fraction of sp³-hybridized carbons (Fsp3) is 0.312. The summed E-state index contributed by atoms with van der Waals surface area (Å²) in [6.07, 6.45) is 3.44. The third-order valence-electron chi connectivity index (χ3n) is 3.50. The first-order valence-electron chi connectivity index (χ1n) is 6.89. The molecule has 0 aliphatic heterocycles. The molecule has 0 amide bonds. The summed E-state index contributed by atoms with van der Waals surface area (Å²) in [5.41, 5.74) is 1.77. The molecule has 0 saturated heterocycles. The van der Waals surface area contributed by atoms with Crippen LogP contribution in [0.15, 0.2) is 36.7 Å². The van der Waals surface area contributed by atoms with Gasteiger partial charge in [-0.3, -0.25) is 9.69 Å². The van der Waals surface area contributed by atoms with Crippen molar-refractivity contribution in [3.8, 4) is 17.1 Å². The van der Waals surface area contributed by atoms with Crippen LogP contribution in [0.1, 0.15) is 12.5 Å². The van der Waals surface area contributed by atoms with Gasteiger partial charge in [-0.15, -0.1) is 0 Å². The maximum atomic E-state index is 10.9. The fourth-order valence-corrected chi connectivity index (χ4v) is 1.94. The zero-order valence-electron chi connectivity index (χ0n) is 12.9. The van der Waals surface area contributed by atoms with Crippen molar-refractivity contribution >= 4 is 5.97 Å². The Hall–Kier alpha value is -2.47. The SMILES string of the molecule is COc1ccc(-c2ncc(CN(C)[C@@H](C)C(=O)O)cn2)cc1. The summed E-state index contributed by atoms with van der Waals surface area (Å²) in [5, 5.41) is 8.98. The van der Waals surface area contributed by atoms with Crippen molar-refractivity contribution in [3.63, 3.8) is 0 Å². The lowest BCUT2D eigenvalue weighted by Gasteiger charge is -2.20. The molecule has 1 heterocycles. The molecule has 0 fully saturated rings. The van der Waals surface area contributed by atoms with Gasteiger partial charge in [-0.2, -0.15) is 0 Å². The predicted molar refractivity (Wildman–Crippen MR) is 82.6 cm³/mol. The van der Waals surface area contributed by atoms with Crippen molar-refractivity contribution in [2.24, 2.45) is 0 Å². The molecule has 6 heteroatoms. The van der Waals surface area contributed by atoms with E-state index in [1.807, 2.05) is 24.3 Å². The Morgan fingerprint density at radius 2 is 1.86 bits per heavy atom. The number of benzene rings is 1. The number of hydrogen-bond donors (Lipinski definition) is 1. The first kappa shape index (κ1) is 15.9. The Balaban J connectivity index is 2.08. The third-order valence-corrected chi connectivity index (χ3v) is 3.50. The number of likely N-dealkylation sites (N-methyl/N-ethyl adjacent to an activating group) is 1. The van der Waals surface area contributed by atoms with Crippen LogP contribution in [-0.4, -0.2) is 46.1 Å². The smallest absolute Gasteiger partial charge is 0.320 e. The van der Waals surface area contributed by atoms with E-state index < -0.39 is 12.0 Å². The molecule has 22 heavy (non-hydrogen) atoms. The number of aromatic nitrogens is 2.